The Morgan fingerprint density at radius 2 is 1.58 bits per heavy atom. The smallest absolute Gasteiger partial charge is 0.0397 e. The van der Waals surface area contributed by atoms with Crippen LogP contribution in [0, 0.1) is 0 Å². The summed E-state index contributed by atoms with van der Waals surface area (Å²) in [7, 11) is 0. The van der Waals surface area contributed by atoms with E-state index >= 15 is 0 Å². The van der Waals surface area contributed by atoms with Gasteiger partial charge in [-0.3, -0.25) is 0 Å². The predicted octanol–water partition coefficient (Wildman–Crippen LogP) is 3.58. The number of hydrogen-bond acceptors (Lipinski definition) is 2. The van der Waals surface area contributed by atoms with Gasteiger partial charge < -0.3 is 11.5 Å². The van der Waals surface area contributed by atoms with Gasteiger partial charge in [-0.25, -0.2) is 0 Å². The van der Waals surface area contributed by atoms with Gasteiger partial charge in [-0.1, -0.05) is 30.3 Å². The van der Waals surface area contributed by atoms with Crippen molar-refractivity contribution < 1.29 is 0 Å². The molecule has 0 atom stereocenters. The minimum Gasteiger partial charge on any atom is -0.399 e. The molecule has 4 rings (SSSR count). The Labute approximate surface area is 111 Å². The standard InChI is InChI=1S/C17H14N2/c18-12-5-6-13-10(8-12)7-11-9-16(19)14-3-1-2-4-15(14)17(11)13/h1-6,8-9H,7,18-19H2. The van der Waals surface area contributed by atoms with Crippen LogP contribution < -0.4 is 11.5 Å². The molecule has 0 aromatic heterocycles. The van der Waals surface area contributed by atoms with Crippen LogP contribution in [0.15, 0.2) is 48.5 Å². The van der Waals surface area contributed by atoms with E-state index in [0.29, 0.717) is 0 Å². The molecule has 2 nitrogen and oxygen atoms in total. The summed E-state index contributed by atoms with van der Waals surface area (Å²) in [5.74, 6) is 0. The largest absolute Gasteiger partial charge is 0.399 e. The molecular weight excluding hydrogens is 232 g/mol. The molecule has 19 heavy (non-hydrogen) atoms. The van der Waals surface area contributed by atoms with Crippen molar-refractivity contribution in [1.82, 2.24) is 0 Å². The summed E-state index contributed by atoms with van der Waals surface area (Å²) in [6.07, 6.45) is 0.921. The molecule has 0 spiro atoms. The van der Waals surface area contributed by atoms with Crippen LogP contribution in [0.25, 0.3) is 21.9 Å². The van der Waals surface area contributed by atoms with Crippen LogP contribution in [0.5, 0.6) is 0 Å². The Morgan fingerprint density at radius 1 is 0.789 bits per heavy atom. The van der Waals surface area contributed by atoms with Gasteiger partial charge >= 0.3 is 0 Å². The molecule has 3 aromatic rings. The molecule has 1 aliphatic carbocycles. The molecule has 0 radical (unpaired) electrons. The molecule has 0 saturated carbocycles. The lowest BCUT2D eigenvalue weighted by Gasteiger charge is -2.09. The van der Waals surface area contributed by atoms with Crippen molar-refractivity contribution in [2.24, 2.45) is 0 Å². The van der Waals surface area contributed by atoms with E-state index in [-0.39, 0.29) is 0 Å². The predicted molar refractivity (Wildman–Crippen MR) is 81.0 cm³/mol. The van der Waals surface area contributed by atoms with E-state index < -0.39 is 0 Å². The molecular formula is C17H14N2. The fraction of sp³-hybridized carbons (Fsp3) is 0.0588. The van der Waals surface area contributed by atoms with Crippen molar-refractivity contribution in [3.05, 3.63) is 59.7 Å². The molecule has 3 aromatic carbocycles. The lowest BCUT2D eigenvalue weighted by atomic mass is 9.97. The first-order chi connectivity index (χ1) is 9.24. The zero-order valence-corrected chi connectivity index (χ0v) is 10.5. The third kappa shape index (κ3) is 1.37. The van der Waals surface area contributed by atoms with Crippen molar-refractivity contribution in [3.8, 4) is 11.1 Å². The number of benzene rings is 3. The Balaban J connectivity index is 2.14. The maximum atomic E-state index is 6.17. The monoisotopic (exact) mass is 246 g/mol. The summed E-state index contributed by atoms with van der Waals surface area (Å²) in [4.78, 5) is 0. The third-order valence-corrected chi connectivity index (χ3v) is 3.94. The van der Waals surface area contributed by atoms with Crippen LogP contribution in [0.4, 0.5) is 11.4 Å². The third-order valence-electron chi connectivity index (χ3n) is 3.94. The highest BCUT2D eigenvalue weighted by Gasteiger charge is 2.21. The normalized spacial score (nSPS) is 12.4. The second-order valence-corrected chi connectivity index (χ2v) is 5.14. The summed E-state index contributed by atoms with van der Waals surface area (Å²) in [6.45, 7) is 0. The van der Waals surface area contributed by atoms with Crippen molar-refractivity contribution in [1.29, 1.82) is 0 Å². The van der Waals surface area contributed by atoms with Crippen LogP contribution >= 0.6 is 0 Å². The first-order valence-corrected chi connectivity index (χ1v) is 6.43. The SMILES string of the molecule is Nc1ccc2c(c1)Cc1cc(N)c3ccccc3c1-2. The van der Waals surface area contributed by atoms with Crippen molar-refractivity contribution in [2.45, 2.75) is 6.42 Å². The van der Waals surface area contributed by atoms with Gasteiger partial charge in [0.05, 0.1) is 0 Å². The van der Waals surface area contributed by atoms with Crippen LogP contribution in [0.2, 0.25) is 0 Å². The summed E-state index contributed by atoms with van der Waals surface area (Å²) >= 11 is 0. The van der Waals surface area contributed by atoms with E-state index in [0.717, 1.165) is 23.2 Å². The summed E-state index contributed by atoms with van der Waals surface area (Å²) in [6, 6.07) is 16.6. The topological polar surface area (TPSA) is 52.0 Å². The zero-order chi connectivity index (χ0) is 13.0. The minimum absolute atomic E-state index is 0.823. The molecule has 0 aliphatic heterocycles. The number of hydrogen-bond donors (Lipinski definition) is 2. The van der Waals surface area contributed by atoms with Crippen molar-refractivity contribution >= 4 is 22.1 Å². The van der Waals surface area contributed by atoms with Crippen LogP contribution in [0.3, 0.4) is 0 Å². The van der Waals surface area contributed by atoms with E-state index in [1.165, 1.54) is 27.6 Å². The van der Waals surface area contributed by atoms with E-state index in [4.69, 9.17) is 11.5 Å². The zero-order valence-electron chi connectivity index (χ0n) is 10.5. The maximum Gasteiger partial charge on any atom is 0.0397 e. The van der Waals surface area contributed by atoms with E-state index in [1.54, 1.807) is 0 Å². The summed E-state index contributed by atoms with van der Waals surface area (Å²) < 4.78 is 0. The first kappa shape index (κ1) is 10.4. The van der Waals surface area contributed by atoms with Gasteiger partial charge in [0.1, 0.15) is 0 Å². The van der Waals surface area contributed by atoms with Crippen molar-refractivity contribution in [3.63, 3.8) is 0 Å². The second-order valence-electron chi connectivity index (χ2n) is 5.14. The van der Waals surface area contributed by atoms with E-state index in [9.17, 15) is 0 Å². The molecule has 1 aliphatic rings. The summed E-state index contributed by atoms with van der Waals surface area (Å²) in [5.41, 5.74) is 18.9. The van der Waals surface area contributed by atoms with Gasteiger partial charge in [-0.2, -0.15) is 0 Å². The molecule has 92 valence electrons. The van der Waals surface area contributed by atoms with Crippen LogP contribution in [-0.2, 0) is 6.42 Å². The number of rotatable bonds is 0. The number of anilines is 2. The highest BCUT2D eigenvalue weighted by Crippen LogP contribution is 2.43. The number of fused-ring (bicyclic) bond motifs is 5. The van der Waals surface area contributed by atoms with Crippen LogP contribution in [-0.4, -0.2) is 0 Å². The molecule has 0 amide bonds. The molecule has 0 saturated heterocycles. The summed E-state index contributed by atoms with van der Waals surface area (Å²) in [5, 5.41) is 2.37. The van der Waals surface area contributed by atoms with Gasteiger partial charge in [0.25, 0.3) is 0 Å². The fourth-order valence-corrected chi connectivity index (χ4v) is 3.13. The molecule has 0 fully saturated rings. The van der Waals surface area contributed by atoms with Gasteiger partial charge in [-0.05, 0) is 52.3 Å². The quantitative estimate of drug-likeness (QED) is 0.466. The lowest BCUT2D eigenvalue weighted by molar-refractivity contribution is 1.27. The Kier molecular flexibility index (Phi) is 1.93. The highest BCUT2D eigenvalue weighted by atomic mass is 14.6. The average molecular weight is 246 g/mol. The molecule has 2 heteroatoms. The molecule has 4 N–H and O–H groups in total. The number of nitrogens with two attached hydrogens (primary N) is 2. The molecule has 0 heterocycles. The Bertz CT molecular complexity index is 819. The van der Waals surface area contributed by atoms with Gasteiger partial charge in [0.2, 0.25) is 0 Å². The second kappa shape index (κ2) is 3.51. The highest BCUT2D eigenvalue weighted by molar-refractivity contribution is 6.06. The van der Waals surface area contributed by atoms with E-state index in [1.807, 2.05) is 12.1 Å². The lowest BCUT2D eigenvalue weighted by Crippen LogP contribution is -1.91. The Morgan fingerprint density at radius 3 is 2.42 bits per heavy atom. The van der Waals surface area contributed by atoms with Crippen molar-refractivity contribution in [2.75, 3.05) is 11.5 Å². The van der Waals surface area contributed by atoms with Gasteiger partial charge in [0.15, 0.2) is 0 Å². The minimum atomic E-state index is 0.823. The molecule has 0 unspecified atom stereocenters. The Hall–Kier alpha value is -2.48. The molecule has 0 bridgehead atoms. The number of nitrogen functional groups attached to an aromatic ring is 2. The van der Waals surface area contributed by atoms with E-state index in [2.05, 4.69) is 36.4 Å². The van der Waals surface area contributed by atoms with Gasteiger partial charge in [-0.15, -0.1) is 0 Å². The first-order valence-electron chi connectivity index (χ1n) is 6.43. The fourth-order valence-electron chi connectivity index (χ4n) is 3.13. The van der Waals surface area contributed by atoms with Crippen LogP contribution in [0.1, 0.15) is 11.1 Å². The average Bonchev–Trinajstić information content (AvgIpc) is 2.76. The maximum absolute atomic E-state index is 6.17. The van der Waals surface area contributed by atoms with Gasteiger partial charge in [0, 0.05) is 16.8 Å².